The molecule has 1 heterocycles. The van der Waals surface area contributed by atoms with Gasteiger partial charge in [0.2, 0.25) is 0 Å². The van der Waals surface area contributed by atoms with Crippen molar-refractivity contribution in [2.24, 2.45) is 11.3 Å². The lowest BCUT2D eigenvalue weighted by Gasteiger charge is -2.20. The summed E-state index contributed by atoms with van der Waals surface area (Å²) in [7, 11) is 0. The van der Waals surface area contributed by atoms with E-state index in [1.165, 1.54) is 12.8 Å². The van der Waals surface area contributed by atoms with E-state index in [9.17, 15) is 0 Å². The number of nitrogens with one attached hydrogen (secondary N) is 1. The van der Waals surface area contributed by atoms with Crippen molar-refractivity contribution in [2.45, 2.75) is 33.6 Å². The van der Waals surface area contributed by atoms with E-state index in [4.69, 9.17) is 5.73 Å². The molecule has 3 N–H and O–H groups in total. The molecule has 0 bridgehead atoms. The number of pyridine rings is 1. The third-order valence-electron chi connectivity index (χ3n) is 3.88. The van der Waals surface area contributed by atoms with Crippen LogP contribution in [0, 0.1) is 18.3 Å². The minimum atomic E-state index is 0.501. The predicted octanol–water partition coefficient (Wildman–Crippen LogP) is 2.82. The predicted molar refractivity (Wildman–Crippen MR) is 68.4 cm³/mol. The van der Waals surface area contributed by atoms with Crippen LogP contribution in [0.3, 0.4) is 0 Å². The molecule has 0 spiro atoms. The number of anilines is 2. The average Bonchev–Trinajstić information content (AvgIpc) is 3.01. The van der Waals surface area contributed by atoms with E-state index in [-0.39, 0.29) is 0 Å². The van der Waals surface area contributed by atoms with Gasteiger partial charge in [0.25, 0.3) is 0 Å². The third kappa shape index (κ3) is 2.13. The molecule has 1 fully saturated rings. The summed E-state index contributed by atoms with van der Waals surface area (Å²) in [6.45, 7) is 7.58. The Morgan fingerprint density at radius 3 is 2.69 bits per heavy atom. The molecule has 1 aromatic heterocycles. The number of rotatable bonds is 4. The van der Waals surface area contributed by atoms with Crippen LogP contribution in [0.2, 0.25) is 0 Å². The average molecular weight is 219 g/mol. The van der Waals surface area contributed by atoms with E-state index in [1.54, 1.807) is 0 Å². The minimum Gasteiger partial charge on any atom is -0.398 e. The molecule has 0 unspecified atom stereocenters. The van der Waals surface area contributed by atoms with Gasteiger partial charge in [-0.1, -0.05) is 13.8 Å². The molecule has 3 nitrogen and oxygen atoms in total. The molecular weight excluding hydrogens is 198 g/mol. The smallest absolute Gasteiger partial charge is 0.127 e. The summed E-state index contributed by atoms with van der Waals surface area (Å²) in [5.74, 6) is 1.64. The van der Waals surface area contributed by atoms with Gasteiger partial charge in [-0.05, 0) is 36.7 Å². The van der Waals surface area contributed by atoms with E-state index >= 15 is 0 Å². The Bertz CT molecular complexity index is 381. The molecule has 0 aliphatic heterocycles. The summed E-state index contributed by atoms with van der Waals surface area (Å²) in [5, 5.41) is 3.41. The van der Waals surface area contributed by atoms with Gasteiger partial charge in [-0.2, -0.15) is 0 Å². The van der Waals surface area contributed by atoms with Crippen LogP contribution in [0.5, 0.6) is 0 Å². The zero-order valence-electron chi connectivity index (χ0n) is 10.4. The SMILES string of the molecule is Cc1cnc(NCC2(C(C)C)CC2)cc1N. The fraction of sp³-hybridized carbons (Fsp3) is 0.615. The van der Waals surface area contributed by atoms with Gasteiger partial charge in [0.15, 0.2) is 0 Å². The molecule has 3 heteroatoms. The summed E-state index contributed by atoms with van der Waals surface area (Å²) < 4.78 is 0. The van der Waals surface area contributed by atoms with Gasteiger partial charge in [0, 0.05) is 24.5 Å². The molecule has 1 aromatic rings. The lowest BCUT2D eigenvalue weighted by atomic mass is 9.92. The number of hydrogen-bond acceptors (Lipinski definition) is 3. The molecule has 0 atom stereocenters. The molecular formula is C13H21N3. The normalized spacial score (nSPS) is 17.5. The number of aryl methyl sites for hydroxylation is 1. The molecule has 2 rings (SSSR count). The Labute approximate surface area is 97.5 Å². The van der Waals surface area contributed by atoms with Gasteiger partial charge in [-0.25, -0.2) is 4.98 Å². The van der Waals surface area contributed by atoms with Crippen LogP contribution in [-0.2, 0) is 0 Å². The number of aromatic nitrogens is 1. The lowest BCUT2D eigenvalue weighted by molar-refractivity contribution is 0.380. The molecule has 16 heavy (non-hydrogen) atoms. The first-order chi connectivity index (χ1) is 7.53. The maximum atomic E-state index is 5.86. The molecule has 0 radical (unpaired) electrons. The minimum absolute atomic E-state index is 0.501. The summed E-state index contributed by atoms with van der Waals surface area (Å²) in [6.07, 6.45) is 4.49. The zero-order valence-corrected chi connectivity index (χ0v) is 10.4. The fourth-order valence-corrected chi connectivity index (χ4v) is 2.02. The highest BCUT2D eigenvalue weighted by molar-refractivity contribution is 5.53. The summed E-state index contributed by atoms with van der Waals surface area (Å²) in [6, 6.07) is 1.92. The van der Waals surface area contributed by atoms with Crippen LogP contribution < -0.4 is 11.1 Å². The van der Waals surface area contributed by atoms with Crippen LogP contribution in [0.25, 0.3) is 0 Å². The molecule has 0 saturated heterocycles. The van der Waals surface area contributed by atoms with Crippen molar-refractivity contribution in [2.75, 3.05) is 17.6 Å². The Hall–Kier alpha value is -1.25. The van der Waals surface area contributed by atoms with E-state index in [0.29, 0.717) is 5.41 Å². The van der Waals surface area contributed by atoms with Crippen molar-refractivity contribution >= 4 is 11.5 Å². The lowest BCUT2D eigenvalue weighted by Crippen LogP contribution is -2.21. The number of nitrogen functional groups attached to an aromatic ring is 1. The Kier molecular flexibility index (Phi) is 2.78. The van der Waals surface area contributed by atoms with Gasteiger partial charge in [0.1, 0.15) is 5.82 Å². The van der Waals surface area contributed by atoms with Gasteiger partial charge in [-0.3, -0.25) is 0 Å². The molecule has 1 aliphatic rings. The van der Waals surface area contributed by atoms with Crippen molar-refractivity contribution < 1.29 is 0 Å². The number of nitrogens with zero attached hydrogens (tertiary/aromatic N) is 1. The summed E-state index contributed by atoms with van der Waals surface area (Å²) in [4.78, 5) is 4.34. The highest BCUT2D eigenvalue weighted by atomic mass is 15.0. The number of nitrogens with two attached hydrogens (primary N) is 1. The maximum absolute atomic E-state index is 5.86. The Morgan fingerprint density at radius 2 is 2.19 bits per heavy atom. The molecule has 88 valence electrons. The van der Waals surface area contributed by atoms with Crippen molar-refractivity contribution in [3.05, 3.63) is 17.8 Å². The van der Waals surface area contributed by atoms with Crippen molar-refractivity contribution in [1.29, 1.82) is 0 Å². The first kappa shape index (κ1) is 11.2. The standard InChI is InChI=1S/C13H21N3/c1-9(2)13(4-5-13)8-16-12-6-11(14)10(3)7-15-12/h6-7,9H,4-5,8H2,1-3H3,(H3,14,15,16). The van der Waals surface area contributed by atoms with Crippen LogP contribution in [-0.4, -0.2) is 11.5 Å². The molecule has 0 aromatic carbocycles. The van der Waals surface area contributed by atoms with Crippen LogP contribution in [0.15, 0.2) is 12.3 Å². The molecule has 1 saturated carbocycles. The van der Waals surface area contributed by atoms with Gasteiger partial charge in [-0.15, -0.1) is 0 Å². The van der Waals surface area contributed by atoms with Crippen LogP contribution >= 0.6 is 0 Å². The van der Waals surface area contributed by atoms with Gasteiger partial charge < -0.3 is 11.1 Å². The molecule has 1 aliphatic carbocycles. The highest BCUT2D eigenvalue weighted by Crippen LogP contribution is 2.51. The second kappa shape index (κ2) is 3.96. The first-order valence-electron chi connectivity index (χ1n) is 5.99. The zero-order chi connectivity index (χ0) is 11.8. The quantitative estimate of drug-likeness (QED) is 0.818. The second-order valence-electron chi connectivity index (χ2n) is 5.30. The van der Waals surface area contributed by atoms with E-state index < -0.39 is 0 Å². The van der Waals surface area contributed by atoms with E-state index in [2.05, 4.69) is 24.1 Å². The Morgan fingerprint density at radius 1 is 1.50 bits per heavy atom. The summed E-state index contributed by atoms with van der Waals surface area (Å²) in [5.41, 5.74) is 8.21. The number of hydrogen-bond donors (Lipinski definition) is 2. The maximum Gasteiger partial charge on any atom is 0.127 e. The monoisotopic (exact) mass is 219 g/mol. The third-order valence-corrected chi connectivity index (χ3v) is 3.88. The Balaban J connectivity index is 1.97. The highest BCUT2D eigenvalue weighted by Gasteiger charge is 2.44. The summed E-state index contributed by atoms with van der Waals surface area (Å²) >= 11 is 0. The molecule has 0 amide bonds. The van der Waals surface area contributed by atoms with Crippen molar-refractivity contribution in [3.8, 4) is 0 Å². The van der Waals surface area contributed by atoms with Crippen molar-refractivity contribution in [3.63, 3.8) is 0 Å². The first-order valence-corrected chi connectivity index (χ1v) is 5.99. The van der Waals surface area contributed by atoms with E-state index in [0.717, 1.165) is 29.5 Å². The largest absolute Gasteiger partial charge is 0.398 e. The van der Waals surface area contributed by atoms with Crippen molar-refractivity contribution in [1.82, 2.24) is 4.98 Å². The second-order valence-corrected chi connectivity index (χ2v) is 5.30. The van der Waals surface area contributed by atoms with Gasteiger partial charge >= 0.3 is 0 Å². The van der Waals surface area contributed by atoms with Crippen LogP contribution in [0.1, 0.15) is 32.3 Å². The fourth-order valence-electron chi connectivity index (χ4n) is 2.02. The van der Waals surface area contributed by atoms with Crippen LogP contribution in [0.4, 0.5) is 11.5 Å². The van der Waals surface area contributed by atoms with E-state index in [1.807, 2.05) is 19.2 Å². The topological polar surface area (TPSA) is 50.9 Å². The van der Waals surface area contributed by atoms with Gasteiger partial charge in [0.05, 0.1) is 0 Å².